The highest BCUT2D eigenvalue weighted by atomic mass is 16.5. The summed E-state index contributed by atoms with van der Waals surface area (Å²) in [6.45, 7) is 0. The van der Waals surface area contributed by atoms with Crippen LogP contribution in [0.15, 0.2) is 24.3 Å². The summed E-state index contributed by atoms with van der Waals surface area (Å²) in [7, 11) is 1.56. The van der Waals surface area contributed by atoms with E-state index >= 15 is 0 Å². The van der Waals surface area contributed by atoms with Gasteiger partial charge in [0.15, 0.2) is 0 Å². The van der Waals surface area contributed by atoms with Crippen LogP contribution in [0.3, 0.4) is 0 Å². The summed E-state index contributed by atoms with van der Waals surface area (Å²) in [5, 5.41) is 8.29. The predicted molar refractivity (Wildman–Crippen MR) is 46.6 cm³/mol. The second-order valence-electron chi connectivity index (χ2n) is 2.56. The first-order chi connectivity index (χ1) is 6.26. The van der Waals surface area contributed by atoms with Gasteiger partial charge in [-0.3, -0.25) is 10.0 Å². The highest BCUT2D eigenvalue weighted by molar-refractivity contribution is 5.77. The Hall–Kier alpha value is -1.55. The largest absolute Gasteiger partial charge is 0.497 e. The second-order valence-corrected chi connectivity index (χ2v) is 2.56. The Labute approximate surface area is 76.1 Å². The van der Waals surface area contributed by atoms with E-state index in [0.717, 1.165) is 5.56 Å². The third-order valence-corrected chi connectivity index (χ3v) is 1.62. The van der Waals surface area contributed by atoms with Crippen molar-refractivity contribution in [1.82, 2.24) is 5.48 Å². The van der Waals surface area contributed by atoms with Crippen LogP contribution in [-0.2, 0) is 11.2 Å². The molecule has 0 radical (unpaired) electrons. The monoisotopic (exact) mass is 181 g/mol. The number of nitrogens with one attached hydrogen (secondary N) is 1. The summed E-state index contributed by atoms with van der Waals surface area (Å²) in [6, 6.07) is 7.12. The summed E-state index contributed by atoms with van der Waals surface area (Å²) in [4.78, 5) is 10.8. The first-order valence-electron chi connectivity index (χ1n) is 3.82. The van der Waals surface area contributed by atoms with Crippen molar-refractivity contribution in [1.29, 1.82) is 0 Å². The van der Waals surface area contributed by atoms with E-state index in [2.05, 4.69) is 0 Å². The minimum absolute atomic E-state index is 0.147. The lowest BCUT2D eigenvalue weighted by Gasteiger charge is -2.02. The number of ether oxygens (including phenoxy) is 1. The van der Waals surface area contributed by atoms with E-state index in [1.165, 1.54) is 0 Å². The minimum Gasteiger partial charge on any atom is -0.497 e. The Kier molecular flexibility index (Phi) is 3.28. The van der Waals surface area contributed by atoms with E-state index in [1.54, 1.807) is 36.9 Å². The first kappa shape index (κ1) is 9.54. The second kappa shape index (κ2) is 4.47. The number of hydrogen-bond donors (Lipinski definition) is 2. The summed E-state index contributed by atoms with van der Waals surface area (Å²) < 4.78 is 4.98. The Bertz CT molecular complexity index is 299. The van der Waals surface area contributed by atoms with Gasteiger partial charge in [-0.2, -0.15) is 0 Å². The fraction of sp³-hybridized carbons (Fsp3) is 0.222. The molecular formula is C9H11NO3. The third kappa shape index (κ3) is 2.76. The Morgan fingerprint density at radius 1 is 1.62 bits per heavy atom. The maximum absolute atomic E-state index is 10.8. The van der Waals surface area contributed by atoms with Crippen LogP contribution in [0.1, 0.15) is 5.56 Å². The highest BCUT2D eigenvalue weighted by Crippen LogP contribution is 2.12. The molecule has 0 fully saturated rings. The fourth-order valence-electron chi connectivity index (χ4n) is 1.01. The molecule has 13 heavy (non-hydrogen) atoms. The normalized spacial score (nSPS) is 9.38. The van der Waals surface area contributed by atoms with Crippen LogP contribution in [0.25, 0.3) is 0 Å². The maximum atomic E-state index is 10.8. The van der Waals surface area contributed by atoms with Crippen LogP contribution in [0, 0.1) is 0 Å². The molecule has 0 aromatic heterocycles. The molecule has 0 spiro atoms. The molecule has 1 aromatic rings. The van der Waals surface area contributed by atoms with Gasteiger partial charge in [-0.05, 0) is 17.7 Å². The molecule has 0 aliphatic carbocycles. The number of benzene rings is 1. The molecule has 0 unspecified atom stereocenters. The molecule has 1 amide bonds. The van der Waals surface area contributed by atoms with E-state index in [-0.39, 0.29) is 6.42 Å². The quantitative estimate of drug-likeness (QED) is 0.534. The zero-order valence-corrected chi connectivity index (χ0v) is 7.28. The topological polar surface area (TPSA) is 58.6 Å². The predicted octanol–water partition coefficient (Wildman–Crippen LogP) is 0.743. The van der Waals surface area contributed by atoms with Crippen LogP contribution in [0.4, 0.5) is 0 Å². The molecule has 4 heteroatoms. The van der Waals surface area contributed by atoms with Gasteiger partial charge in [0.2, 0.25) is 5.91 Å². The van der Waals surface area contributed by atoms with Gasteiger partial charge in [-0.1, -0.05) is 12.1 Å². The molecule has 1 aromatic carbocycles. The highest BCUT2D eigenvalue weighted by Gasteiger charge is 2.01. The van der Waals surface area contributed by atoms with Crippen LogP contribution in [-0.4, -0.2) is 18.2 Å². The summed E-state index contributed by atoms with van der Waals surface area (Å²) in [5.41, 5.74) is 2.37. The van der Waals surface area contributed by atoms with E-state index in [9.17, 15) is 4.79 Å². The van der Waals surface area contributed by atoms with Crippen molar-refractivity contribution in [3.63, 3.8) is 0 Å². The van der Waals surface area contributed by atoms with E-state index in [4.69, 9.17) is 9.94 Å². The number of rotatable bonds is 3. The Balaban J connectivity index is 2.71. The van der Waals surface area contributed by atoms with Crippen molar-refractivity contribution in [2.24, 2.45) is 0 Å². The maximum Gasteiger partial charge on any atom is 0.247 e. The smallest absolute Gasteiger partial charge is 0.247 e. The minimum atomic E-state index is -0.437. The SMILES string of the molecule is COc1cccc(CC(=O)NO)c1. The van der Waals surface area contributed by atoms with Gasteiger partial charge in [0.05, 0.1) is 13.5 Å². The fourth-order valence-corrected chi connectivity index (χ4v) is 1.01. The van der Waals surface area contributed by atoms with Gasteiger partial charge in [0.25, 0.3) is 0 Å². The first-order valence-corrected chi connectivity index (χ1v) is 3.82. The Morgan fingerprint density at radius 2 is 2.38 bits per heavy atom. The summed E-state index contributed by atoms with van der Waals surface area (Å²) >= 11 is 0. The van der Waals surface area contributed by atoms with Crippen LogP contribution in [0.2, 0.25) is 0 Å². The van der Waals surface area contributed by atoms with Crippen molar-refractivity contribution >= 4 is 5.91 Å². The molecule has 0 saturated carbocycles. The van der Waals surface area contributed by atoms with Gasteiger partial charge in [-0.15, -0.1) is 0 Å². The van der Waals surface area contributed by atoms with Crippen LogP contribution >= 0.6 is 0 Å². The van der Waals surface area contributed by atoms with Gasteiger partial charge in [0, 0.05) is 0 Å². The van der Waals surface area contributed by atoms with Crippen molar-refractivity contribution < 1.29 is 14.7 Å². The van der Waals surface area contributed by atoms with E-state index in [0.29, 0.717) is 5.75 Å². The number of carbonyl (C=O) groups is 1. The molecule has 4 nitrogen and oxygen atoms in total. The van der Waals surface area contributed by atoms with Crippen LogP contribution in [0.5, 0.6) is 5.75 Å². The summed E-state index contributed by atoms with van der Waals surface area (Å²) in [6.07, 6.45) is 0.147. The molecule has 0 bridgehead atoms. The molecule has 0 aliphatic rings. The zero-order chi connectivity index (χ0) is 9.68. The number of carbonyl (C=O) groups excluding carboxylic acids is 1. The summed E-state index contributed by atoms with van der Waals surface area (Å²) in [5.74, 6) is 0.261. The zero-order valence-electron chi connectivity index (χ0n) is 7.28. The third-order valence-electron chi connectivity index (χ3n) is 1.62. The standard InChI is InChI=1S/C9H11NO3/c1-13-8-4-2-3-7(5-8)6-9(11)10-12/h2-5,12H,6H2,1H3,(H,10,11). The molecule has 1 rings (SSSR count). The van der Waals surface area contributed by atoms with Crippen molar-refractivity contribution in [3.05, 3.63) is 29.8 Å². The average molecular weight is 181 g/mol. The number of amides is 1. The number of hydrogen-bond acceptors (Lipinski definition) is 3. The lowest BCUT2D eigenvalue weighted by atomic mass is 10.1. The van der Waals surface area contributed by atoms with Crippen molar-refractivity contribution in [2.45, 2.75) is 6.42 Å². The number of hydroxylamine groups is 1. The molecule has 2 N–H and O–H groups in total. The molecule has 0 heterocycles. The Morgan fingerprint density at radius 3 is 3.00 bits per heavy atom. The molecule has 0 atom stereocenters. The lowest BCUT2D eigenvalue weighted by molar-refractivity contribution is -0.128. The van der Waals surface area contributed by atoms with Gasteiger partial charge in [-0.25, -0.2) is 5.48 Å². The lowest BCUT2D eigenvalue weighted by Crippen LogP contribution is -2.20. The van der Waals surface area contributed by atoms with Crippen molar-refractivity contribution in [2.75, 3.05) is 7.11 Å². The van der Waals surface area contributed by atoms with E-state index < -0.39 is 5.91 Å². The van der Waals surface area contributed by atoms with Gasteiger partial charge >= 0.3 is 0 Å². The molecular weight excluding hydrogens is 170 g/mol. The molecule has 0 aliphatic heterocycles. The van der Waals surface area contributed by atoms with Crippen LogP contribution < -0.4 is 10.2 Å². The van der Waals surface area contributed by atoms with Crippen molar-refractivity contribution in [3.8, 4) is 5.75 Å². The van der Waals surface area contributed by atoms with Gasteiger partial charge < -0.3 is 4.74 Å². The molecule has 0 saturated heterocycles. The molecule has 70 valence electrons. The van der Waals surface area contributed by atoms with Gasteiger partial charge in [0.1, 0.15) is 5.75 Å². The van der Waals surface area contributed by atoms with E-state index in [1.807, 2.05) is 0 Å². The number of methoxy groups -OCH3 is 1. The average Bonchev–Trinajstić information content (AvgIpc) is 2.18.